The summed E-state index contributed by atoms with van der Waals surface area (Å²) >= 11 is 0. The number of nitrogens with zero attached hydrogens (tertiary/aromatic N) is 1. The fraction of sp³-hybridized carbons (Fsp3) is 0.188. The molecule has 0 radical (unpaired) electrons. The number of phenols is 1. The van der Waals surface area contributed by atoms with E-state index in [1.54, 1.807) is 12.1 Å². The number of phenolic OH excluding ortho intramolecular Hbond substituents is 1. The molecule has 0 bridgehead atoms. The summed E-state index contributed by atoms with van der Waals surface area (Å²) in [7, 11) is 0. The van der Waals surface area contributed by atoms with Crippen LogP contribution in [0.3, 0.4) is 0 Å². The fourth-order valence-corrected chi connectivity index (χ4v) is 2.78. The molecule has 2 N–H and O–H groups in total. The van der Waals surface area contributed by atoms with Gasteiger partial charge in [0.1, 0.15) is 5.75 Å². The minimum atomic E-state index is 0.191. The Labute approximate surface area is 111 Å². The molecule has 0 saturated carbocycles. The number of hydrogen-bond acceptors (Lipinski definition) is 3. The van der Waals surface area contributed by atoms with Crippen molar-refractivity contribution in [3.05, 3.63) is 65.2 Å². The number of hydrogen-bond donors (Lipinski definition) is 2. The van der Waals surface area contributed by atoms with E-state index in [0.717, 1.165) is 17.7 Å². The zero-order chi connectivity index (χ0) is 13.2. The van der Waals surface area contributed by atoms with Crippen LogP contribution in [-0.4, -0.2) is 16.0 Å². The smallest absolute Gasteiger partial charge is 0.115 e. The molecule has 1 atom stereocenters. The number of rotatable bonds is 1. The van der Waals surface area contributed by atoms with Gasteiger partial charge in [0.15, 0.2) is 0 Å². The quantitative estimate of drug-likeness (QED) is 0.605. The first-order valence-electron chi connectivity index (χ1n) is 6.34. The number of fused-ring (bicyclic) bond motifs is 1. The van der Waals surface area contributed by atoms with Crippen LogP contribution in [-0.2, 0) is 6.42 Å². The van der Waals surface area contributed by atoms with Crippen LogP contribution in [0, 0.1) is 0 Å². The molecule has 0 aromatic heterocycles. The molecule has 0 fully saturated rings. The Bertz CT molecular complexity index is 620. The van der Waals surface area contributed by atoms with Gasteiger partial charge in [-0.3, -0.25) is 0 Å². The molecule has 19 heavy (non-hydrogen) atoms. The second kappa shape index (κ2) is 4.76. The summed E-state index contributed by atoms with van der Waals surface area (Å²) in [5.41, 5.74) is 4.20. The highest BCUT2D eigenvalue weighted by Gasteiger charge is 2.25. The summed E-state index contributed by atoms with van der Waals surface area (Å²) in [4.78, 5) is 0. The summed E-state index contributed by atoms with van der Waals surface area (Å²) in [6, 6.07) is 15.6. The molecule has 2 aromatic carbocycles. The van der Waals surface area contributed by atoms with Gasteiger partial charge in [-0.2, -0.15) is 0 Å². The molecule has 0 aliphatic heterocycles. The van der Waals surface area contributed by atoms with Gasteiger partial charge in [0, 0.05) is 18.8 Å². The van der Waals surface area contributed by atoms with Crippen molar-refractivity contribution in [2.75, 3.05) is 0 Å². The summed E-state index contributed by atoms with van der Waals surface area (Å²) in [6.45, 7) is 0. The van der Waals surface area contributed by atoms with E-state index in [1.807, 2.05) is 24.3 Å². The number of aromatic hydroxyl groups is 1. The first-order chi connectivity index (χ1) is 9.28. The van der Waals surface area contributed by atoms with Crippen LogP contribution in [0.15, 0.2) is 53.7 Å². The van der Waals surface area contributed by atoms with Gasteiger partial charge in [-0.1, -0.05) is 41.6 Å². The van der Waals surface area contributed by atoms with Gasteiger partial charge < -0.3 is 10.3 Å². The van der Waals surface area contributed by atoms with E-state index < -0.39 is 0 Å². The SMILES string of the molecule is O/N=C1\Cc2cc(O)ccc2C(c2ccccc2)C1. The third kappa shape index (κ3) is 2.19. The predicted molar refractivity (Wildman–Crippen MR) is 73.9 cm³/mol. The molecule has 0 spiro atoms. The lowest BCUT2D eigenvalue weighted by Crippen LogP contribution is -2.19. The first-order valence-corrected chi connectivity index (χ1v) is 6.34. The highest BCUT2D eigenvalue weighted by atomic mass is 16.4. The van der Waals surface area contributed by atoms with E-state index in [2.05, 4.69) is 17.3 Å². The summed E-state index contributed by atoms with van der Waals surface area (Å²) in [5, 5.41) is 22.1. The lowest BCUT2D eigenvalue weighted by molar-refractivity contribution is 0.315. The van der Waals surface area contributed by atoms with E-state index >= 15 is 0 Å². The predicted octanol–water partition coefficient (Wildman–Crippen LogP) is 3.30. The van der Waals surface area contributed by atoms with Gasteiger partial charge in [0.25, 0.3) is 0 Å². The average Bonchev–Trinajstić information content (AvgIpc) is 2.46. The molecule has 3 heteroatoms. The lowest BCUT2D eigenvalue weighted by Gasteiger charge is -2.26. The van der Waals surface area contributed by atoms with Gasteiger partial charge in [-0.25, -0.2) is 0 Å². The van der Waals surface area contributed by atoms with Crippen LogP contribution in [0.1, 0.15) is 29.0 Å². The van der Waals surface area contributed by atoms with E-state index in [9.17, 15) is 5.11 Å². The van der Waals surface area contributed by atoms with Crippen molar-refractivity contribution in [1.82, 2.24) is 0 Å². The van der Waals surface area contributed by atoms with E-state index in [1.165, 1.54) is 11.1 Å². The van der Waals surface area contributed by atoms with Crippen LogP contribution in [0.2, 0.25) is 0 Å². The van der Waals surface area contributed by atoms with Crippen LogP contribution in [0.25, 0.3) is 0 Å². The maximum Gasteiger partial charge on any atom is 0.115 e. The second-order valence-electron chi connectivity index (χ2n) is 4.89. The van der Waals surface area contributed by atoms with Crippen LogP contribution in [0.5, 0.6) is 5.75 Å². The van der Waals surface area contributed by atoms with Gasteiger partial charge in [-0.05, 0) is 28.8 Å². The number of benzene rings is 2. The molecule has 96 valence electrons. The first kappa shape index (κ1) is 11.8. The van der Waals surface area contributed by atoms with Gasteiger partial charge >= 0.3 is 0 Å². The third-order valence-electron chi connectivity index (χ3n) is 3.68. The Balaban J connectivity index is 2.11. The van der Waals surface area contributed by atoms with Gasteiger partial charge in [-0.15, -0.1) is 0 Å². The highest BCUT2D eigenvalue weighted by molar-refractivity contribution is 5.89. The molecule has 2 aromatic rings. The van der Waals surface area contributed by atoms with E-state index in [0.29, 0.717) is 6.42 Å². The van der Waals surface area contributed by atoms with Crippen LogP contribution in [0.4, 0.5) is 0 Å². The van der Waals surface area contributed by atoms with Crippen molar-refractivity contribution in [3.63, 3.8) is 0 Å². The zero-order valence-corrected chi connectivity index (χ0v) is 10.5. The average molecular weight is 253 g/mol. The molecule has 1 unspecified atom stereocenters. The molecule has 0 heterocycles. The van der Waals surface area contributed by atoms with Crippen LogP contribution >= 0.6 is 0 Å². The molecule has 1 aliphatic carbocycles. The summed E-state index contributed by atoms with van der Waals surface area (Å²) in [6.07, 6.45) is 1.32. The molecule has 0 saturated heterocycles. The molecular formula is C16H15NO2. The number of oxime groups is 1. The Kier molecular flexibility index (Phi) is 2.95. The van der Waals surface area contributed by atoms with E-state index in [4.69, 9.17) is 5.21 Å². The van der Waals surface area contributed by atoms with Gasteiger partial charge in [0.05, 0.1) is 5.71 Å². The second-order valence-corrected chi connectivity index (χ2v) is 4.89. The lowest BCUT2D eigenvalue weighted by atomic mass is 9.78. The Morgan fingerprint density at radius 1 is 1.05 bits per heavy atom. The normalized spacial score (nSPS) is 20.2. The largest absolute Gasteiger partial charge is 0.508 e. The summed E-state index contributed by atoms with van der Waals surface area (Å²) < 4.78 is 0. The van der Waals surface area contributed by atoms with Crippen molar-refractivity contribution >= 4 is 5.71 Å². The minimum absolute atomic E-state index is 0.191. The van der Waals surface area contributed by atoms with Gasteiger partial charge in [0.2, 0.25) is 0 Å². The molecular weight excluding hydrogens is 238 g/mol. The Hall–Kier alpha value is -2.29. The standard InChI is InChI=1S/C16H15NO2/c18-14-6-7-15-12(9-14)8-13(17-19)10-16(15)11-4-2-1-3-5-11/h1-7,9,16,18-19H,8,10H2/b17-13+. The highest BCUT2D eigenvalue weighted by Crippen LogP contribution is 2.36. The monoisotopic (exact) mass is 253 g/mol. The molecule has 3 rings (SSSR count). The summed E-state index contributed by atoms with van der Waals surface area (Å²) in [5.74, 6) is 0.446. The third-order valence-corrected chi connectivity index (χ3v) is 3.68. The molecule has 1 aliphatic rings. The molecule has 3 nitrogen and oxygen atoms in total. The van der Waals surface area contributed by atoms with Crippen LogP contribution < -0.4 is 0 Å². The Morgan fingerprint density at radius 2 is 1.84 bits per heavy atom. The zero-order valence-electron chi connectivity index (χ0n) is 10.5. The van der Waals surface area contributed by atoms with Crippen molar-refractivity contribution < 1.29 is 10.3 Å². The maximum absolute atomic E-state index is 9.60. The topological polar surface area (TPSA) is 52.8 Å². The Morgan fingerprint density at radius 3 is 2.58 bits per heavy atom. The maximum atomic E-state index is 9.60. The molecule has 0 amide bonds. The van der Waals surface area contributed by atoms with E-state index in [-0.39, 0.29) is 11.7 Å². The van der Waals surface area contributed by atoms with Crippen molar-refractivity contribution in [3.8, 4) is 5.75 Å². The van der Waals surface area contributed by atoms with Crippen molar-refractivity contribution in [1.29, 1.82) is 0 Å². The van der Waals surface area contributed by atoms with Crippen molar-refractivity contribution in [2.24, 2.45) is 5.16 Å². The minimum Gasteiger partial charge on any atom is -0.508 e. The van der Waals surface area contributed by atoms with Crippen molar-refractivity contribution in [2.45, 2.75) is 18.8 Å². The fourth-order valence-electron chi connectivity index (χ4n) is 2.78.